The van der Waals surface area contributed by atoms with Gasteiger partial charge in [-0.3, -0.25) is 15.1 Å². The summed E-state index contributed by atoms with van der Waals surface area (Å²) in [6.45, 7) is 10.5. The Kier molecular flexibility index (Phi) is 6.02. The molecule has 2 aromatic heterocycles. The Bertz CT molecular complexity index is 1290. The van der Waals surface area contributed by atoms with Crippen molar-refractivity contribution in [1.82, 2.24) is 24.2 Å². The molecule has 2 fully saturated rings. The first-order chi connectivity index (χ1) is 16.6. The molecule has 9 nitrogen and oxygen atoms in total. The van der Waals surface area contributed by atoms with E-state index in [0.29, 0.717) is 23.0 Å². The van der Waals surface area contributed by atoms with E-state index in [4.69, 9.17) is 5.41 Å². The van der Waals surface area contributed by atoms with Gasteiger partial charge in [-0.2, -0.15) is 4.98 Å². The van der Waals surface area contributed by atoms with Gasteiger partial charge in [0, 0.05) is 36.7 Å². The summed E-state index contributed by atoms with van der Waals surface area (Å²) in [6, 6.07) is 8.94. The van der Waals surface area contributed by atoms with Crippen LogP contribution in [0.15, 0.2) is 60.1 Å². The topological polar surface area (TPSA) is 95.1 Å². The normalized spacial score (nSPS) is 16.9. The highest BCUT2D eigenvalue weighted by Crippen LogP contribution is 2.27. The van der Waals surface area contributed by atoms with Gasteiger partial charge in [0.05, 0.1) is 6.54 Å². The van der Waals surface area contributed by atoms with Crippen molar-refractivity contribution < 1.29 is 0 Å². The van der Waals surface area contributed by atoms with Crippen molar-refractivity contribution in [2.75, 3.05) is 36.4 Å². The van der Waals surface area contributed by atoms with Gasteiger partial charge in [0.2, 0.25) is 5.95 Å². The minimum absolute atomic E-state index is 0.146. The zero-order valence-corrected chi connectivity index (χ0v) is 19.4. The Labute approximate surface area is 198 Å². The number of hydrogen-bond acceptors (Lipinski definition) is 7. The first-order valence-corrected chi connectivity index (χ1v) is 11.8. The molecule has 0 amide bonds. The summed E-state index contributed by atoms with van der Waals surface area (Å²) in [6.07, 6.45) is 9.17. The lowest BCUT2D eigenvalue weighted by atomic mass is 10.1. The fourth-order valence-electron chi connectivity index (χ4n) is 4.74. The number of likely N-dealkylation sites (tertiary alicyclic amines) is 1. The molecule has 0 saturated carbocycles. The summed E-state index contributed by atoms with van der Waals surface area (Å²) >= 11 is 0. The van der Waals surface area contributed by atoms with Gasteiger partial charge in [-0.1, -0.05) is 12.2 Å². The second kappa shape index (κ2) is 9.26. The van der Waals surface area contributed by atoms with Crippen LogP contribution in [0.2, 0.25) is 0 Å². The van der Waals surface area contributed by atoms with Crippen LogP contribution in [-0.2, 0) is 6.54 Å². The molecule has 2 aliphatic heterocycles. The summed E-state index contributed by atoms with van der Waals surface area (Å²) in [5.41, 5.74) is 2.22. The van der Waals surface area contributed by atoms with Crippen LogP contribution in [0.5, 0.6) is 0 Å². The highest BCUT2D eigenvalue weighted by molar-refractivity contribution is 5.97. The molecule has 176 valence electrons. The lowest BCUT2D eigenvalue weighted by Gasteiger charge is -2.45. The van der Waals surface area contributed by atoms with Gasteiger partial charge in [0.15, 0.2) is 5.65 Å². The summed E-state index contributed by atoms with van der Waals surface area (Å²) in [5, 5.41) is 12.0. The predicted molar refractivity (Wildman–Crippen MR) is 136 cm³/mol. The summed E-state index contributed by atoms with van der Waals surface area (Å²) in [7, 11) is 0. The second-order valence-electron chi connectivity index (χ2n) is 8.78. The first-order valence-electron chi connectivity index (χ1n) is 11.8. The van der Waals surface area contributed by atoms with E-state index in [0.717, 1.165) is 18.8 Å². The van der Waals surface area contributed by atoms with Gasteiger partial charge in [-0.05, 0) is 63.2 Å². The van der Waals surface area contributed by atoms with Crippen molar-refractivity contribution in [2.24, 2.45) is 0 Å². The fourth-order valence-corrected chi connectivity index (χ4v) is 4.74. The third-order valence-electron chi connectivity index (χ3n) is 6.54. The molecule has 2 saturated heterocycles. The van der Waals surface area contributed by atoms with E-state index in [-0.39, 0.29) is 17.9 Å². The van der Waals surface area contributed by atoms with Crippen LogP contribution in [0.4, 0.5) is 17.3 Å². The van der Waals surface area contributed by atoms with Gasteiger partial charge in [-0.15, -0.1) is 6.58 Å². The van der Waals surface area contributed by atoms with E-state index in [9.17, 15) is 4.79 Å². The Morgan fingerprint density at radius 1 is 1.24 bits per heavy atom. The Morgan fingerprint density at radius 2 is 1.97 bits per heavy atom. The molecule has 0 bridgehead atoms. The van der Waals surface area contributed by atoms with E-state index in [1.165, 1.54) is 47.2 Å². The lowest BCUT2D eigenvalue weighted by Crippen LogP contribution is -2.58. The molecule has 4 heterocycles. The quantitative estimate of drug-likeness (QED) is 0.321. The van der Waals surface area contributed by atoms with Crippen molar-refractivity contribution in [3.8, 4) is 0 Å². The van der Waals surface area contributed by atoms with E-state index in [1.807, 2.05) is 19.1 Å². The number of aromatic nitrogens is 4. The van der Waals surface area contributed by atoms with Gasteiger partial charge in [0.1, 0.15) is 11.2 Å². The van der Waals surface area contributed by atoms with Crippen molar-refractivity contribution in [2.45, 2.75) is 32.4 Å². The minimum atomic E-state index is -0.248. The number of nitrogens with one attached hydrogen (secondary N) is 2. The van der Waals surface area contributed by atoms with Crippen molar-refractivity contribution >= 4 is 34.2 Å². The number of nitrogens with zero attached hydrogens (tertiary/aromatic N) is 6. The van der Waals surface area contributed by atoms with Gasteiger partial charge in [0.25, 0.3) is 5.56 Å². The lowest BCUT2D eigenvalue weighted by molar-refractivity contribution is 0.205. The molecule has 0 spiro atoms. The van der Waals surface area contributed by atoms with Crippen LogP contribution < -0.4 is 15.8 Å². The maximum Gasteiger partial charge on any atom is 0.278 e. The monoisotopic (exact) mass is 458 g/mol. The van der Waals surface area contributed by atoms with Crippen LogP contribution in [0.1, 0.15) is 19.8 Å². The molecule has 34 heavy (non-hydrogen) atoms. The number of benzene rings is 1. The molecule has 0 aliphatic carbocycles. The Morgan fingerprint density at radius 3 is 2.65 bits per heavy atom. The molecular formula is C25H30N8O. The first kappa shape index (κ1) is 22.1. The molecule has 1 aromatic carbocycles. The fraction of sp³-hybridized carbons (Fsp3) is 0.360. The second-order valence-corrected chi connectivity index (χ2v) is 8.78. The molecule has 0 radical (unpaired) electrons. The average molecular weight is 459 g/mol. The van der Waals surface area contributed by atoms with Gasteiger partial charge >= 0.3 is 0 Å². The van der Waals surface area contributed by atoms with Crippen molar-refractivity contribution in [3.63, 3.8) is 0 Å². The van der Waals surface area contributed by atoms with Crippen LogP contribution in [0.3, 0.4) is 0 Å². The molecule has 3 aromatic rings. The number of fused-ring (bicyclic) bond motifs is 1. The standard InChI is InChI=1S/C25H30N8O/c1-3-7-22(26)33-23-21(24(34)32(33)12-4-2)15-27-25(29-23)28-18-8-10-19(11-9-18)31-16-20(17-31)30-13-5-6-14-30/h3-4,7-11,15,20,26H,2,5-6,12-14,16-17H2,1H3,(H,27,28,29)/b7-3-,26-22?. The number of anilines is 3. The smallest absolute Gasteiger partial charge is 0.278 e. The number of allylic oxidation sites excluding steroid dienone is 3. The van der Waals surface area contributed by atoms with Crippen LogP contribution in [0.25, 0.3) is 11.0 Å². The summed E-state index contributed by atoms with van der Waals surface area (Å²) < 4.78 is 2.94. The highest BCUT2D eigenvalue weighted by atomic mass is 16.1. The average Bonchev–Trinajstić information content (AvgIpc) is 3.42. The third kappa shape index (κ3) is 4.03. The van der Waals surface area contributed by atoms with Gasteiger partial charge < -0.3 is 10.2 Å². The number of hydrogen-bond donors (Lipinski definition) is 2. The van der Waals surface area contributed by atoms with E-state index in [1.54, 1.807) is 18.2 Å². The maximum atomic E-state index is 12.8. The molecular weight excluding hydrogens is 428 g/mol. The zero-order chi connectivity index (χ0) is 23.7. The molecule has 5 rings (SSSR count). The van der Waals surface area contributed by atoms with Crippen LogP contribution in [0, 0.1) is 5.41 Å². The predicted octanol–water partition coefficient (Wildman–Crippen LogP) is 3.21. The molecule has 2 N–H and O–H groups in total. The Balaban J connectivity index is 1.34. The molecule has 2 aliphatic rings. The van der Waals surface area contributed by atoms with E-state index in [2.05, 4.69) is 43.8 Å². The highest BCUT2D eigenvalue weighted by Gasteiger charge is 2.33. The third-order valence-corrected chi connectivity index (χ3v) is 6.54. The SMILES string of the molecule is C=CCn1c(=O)c2cnc(Nc3ccc(N4CC(N5CCCC5)C4)cc3)nc2n1C(=N)/C=C\C. The summed E-state index contributed by atoms with van der Waals surface area (Å²) in [4.78, 5) is 26.8. The van der Waals surface area contributed by atoms with Crippen molar-refractivity contribution in [3.05, 3.63) is 65.6 Å². The van der Waals surface area contributed by atoms with Crippen LogP contribution in [-0.4, -0.2) is 62.3 Å². The number of rotatable bonds is 7. The van der Waals surface area contributed by atoms with E-state index < -0.39 is 0 Å². The summed E-state index contributed by atoms with van der Waals surface area (Å²) in [5.74, 6) is 0.517. The molecule has 0 unspecified atom stereocenters. The molecule has 9 heteroatoms. The Hall–Kier alpha value is -3.72. The largest absolute Gasteiger partial charge is 0.368 e. The van der Waals surface area contributed by atoms with Crippen molar-refractivity contribution in [1.29, 1.82) is 5.41 Å². The van der Waals surface area contributed by atoms with Crippen LogP contribution >= 0.6 is 0 Å². The van der Waals surface area contributed by atoms with Gasteiger partial charge in [-0.25, -0.2) is 14.3 Å². The maximum absolute atomic E-state index is 12.8. The minimum Gasteiger partial charge on any atom is -0.368 e. The van der Waals surface area contributed by atoms with E-state index >= 15 is 0 Å². The zero-order valence-electron chi connectivity index (χ0n) is 19.4. The molecule has 0 atom stereocenters.